The summed E-state index contributed by atoms with van der Waals surface area (Å²) in [6.45, 7) is 3.98. The fraction of sp³-hybridized carbons (Fsp3) is 0.450. The Morgan fingerprint density at radius 1 is 1.19 bits per heavy atom. The van der Waals surface area contributed by atoms with Crippen LogP contribution < -0.4 is 0 Å². The molecule has 0 radical (unpaired) electrons. The van der Waals surface area contributed by atoms with E-state index < -0.39 is 36.2 Å². The van der Waals surface area contributed by atoms with Crippen LogP contribution in [0.4, 0.5) is 0 Å². The molecule has 0 aromatic heterocycles. The summed E-state index contributed by atoms with van der Waals surface area (Å²) in [5, 5.41) is 1.94. The van der Waals surface area contributed by atoms with E-state index in [1.807, 2.05) is 44.2 Å². The number of fused-ring (bicyclic) bond motifs is 3. The number of benzene rings is 2. The van der Waals surface area contributed by atoms with Crippen molar-refractivity contribution in [2.75, 3.05) is 5.75 Å². The second-order valence-corrected chi connectivity index (χ2v) is 13.3. The van der Waals surface area contributed by atoms with E-state index in [9.17, 15) is 16.6 Å². The molecule has 146 valence electrons. The number of Topliss-reactive ketones (excluding diaryl/α,β-unsaturated/α-hetero) is 1. The van der Waals surface area contributed by atoms with Crippen molar-refractivity contribution in [2.24, 2.45) is 16.7 Å². The van der Waals surface area contributed by atoms with Gasteiger partial charge in [-0.1, -0.05) is 0 Å². The molecule has 0 aliphatic heterocycles. The Labute approximate surface area is 167 Å². The van der Waals surface area contributed by atoms with Crippen molar-refractivity contribution in [1.82, 2.24) is 0 Å². The van der Waals surface area contributed by atoms with Crippen molar-refractivity contribution in [3.63, 3.8) is 0 Å². The van der Waals surface area contributed by atoms with Crippen molar-refractivity contribution < 1.29 is 19.2 Å². The summed E-state index contributed by atoms with van der Waals surface area (Å²) >= 11 is -3.34. The van der Waals surface area contributed by atoms with Crippen LogP contribution in [0.2, 0.25) is 0 Å². The third-order valence-corrected chi connectivity index (χ3v) is 12.2. The maximum atomic E-state index is 12.8. The molecule has 5 nitrogen and oxygen atoms in total. The summed E-state index contributed by atoms with van der Waals surface area (Å²) < 4.78 is 41.8. The van der Waals surface area contributed by atoms with Gasteiger partial charge < -0.3 is 0 Å². The van der Waals surface area contributed by atoms with Crippen LogP contribution in [0, 0.1) is 20.3 Å². The number of halogens is 1. The SMILES string of the molecule is CC1(C)[C@@H]2CC[C@@]1(CS(=O)(=O)OI(O)c1ccc3ccccc3c1)C(=O)C2. The van der Waals surface area contributed by atoms with Gasteiger partial charge in [0.1, 0.15) is 0 Å². The average molecular weight is 502 g/mol. The standard InChI is InChI=1S/C20H23IO5S/c1-19(2)16-9-10-20(19,18(22)12-16)13-27(24,25)26-21(23)17-8-7-14-5-3-4-6-15(14)11-17/h3-8,11,16,23H,9-10,12-13H2,1-2H3/t16-,20-/m1/s1. The Morgan fingerprint density at radius 3 is 2.52 bits per heavy atom. The zero-order chi connectivity index (χ0) is 19.4. The predicted molar refractivity (Wildman–Crippen MR) is 112 cm³/mol. The molecule has 2 aliphatic carbocycles. The molecule has 7 heteroatoms. The van der Waals surface area contributed by atoms with Gasteiger partial charge in [0.25, 0.3) is 0 Å². The van der Waals surface area contributed by atoms with Crippen LogP contribution in [0.3, 0.4) is 0 Å². The van der Waals surface area contributed by atoms with E-state index in [0.717, 1.165) is 17.2 Å². The molecule has 2 atom stereocenters. The van der Waals surface area contributed by atoms with Crippen molar-refractivity contribution in [3.05, 3.63) is 46.0 Å². The zero-order valence-electron chi connectivity index (χ0n) is 15.3. The Balaban J connectivity index is 1.56. The molecule has 1 N–H and O–H groups in total. The van der Waals surface area contributed by atoms with Crippen molar-refractivity contribution in [2.45, 2.75) is 33.1 Å². The van der Waals surface area contributed by atoms with Gasteiger partial charge in [0, 0.05) is 0 Å². The van der Waals surface area contributed by atoms with E-state index >= 15 is 0 Å². The minimum atomic E-state index is -4.01. The van der Waals surface area contributed by atoms with E-state index in [1.54, 1.807) is 12.1 Å². The van der Waals surface area contributed by atoms with Crippen LogP contribution in [-0.4, -0.2) is 23.4 Å². The van der Waals surface area contributed by atoms with Gasteiger partial charge in [-0.15, -0.1) is 0 Å². The average Bonchev–Trinajstić information content (AvgIpc) is 2.94. The van der Waals surface area contributed by atoms with E-state index in [1.165, 1.54) is 0 Å². The number of rotatable bonds is 5. The number of ketones is 1. The first kappa shape index (κ1) is 19.3. The van der Waals surface area contributed by atoms with Gasteiger partial charge in [0.2, 0.25) is 0 Å². The van der Waals surface area contributed by atoms with Gasteiger partial charge in [0.15, 0.2) is 0 Å². The first-order valence-corrected chi connectivity index (χ1v) is 13.5. The summed E-state index contributed by atoms with van der Waals surface area (Å²) in [5.74, 6) is -0.0610. The van der Waals surface area contributed by atoms with Crippen molar-refractivity contribution >= 4 is 47.3 Å². The molecule has 2 saturated carbocycles. The Bertz CT molecular complexity index is 1020. The number of hydrogen-bond donors (Lipinski definition) is 1. The minimum absolute atomic E-state index is 0.0277. The molecule has 2 bridgehead atoms. The van der Waals surface area contributed by atoms with E-state index in [0.29, 0.717) is 16.4 Å². The zero-order valence-corrected chi connectivity index (χ0v) is 18.3. The van der Waals surface area contributed by atoms with Crippen LogP contribution in [0.15, 0.2) is 42.5 Å². The summed E-state index contributed by atoms with van der Waals surface area (Å²) in [6, 6.07) is 13.0. The third-order valence-electron chi connectivity index (χ3n) is 6.62. The quantitative estimate of drug-likeness (QED) is 0.624. The molecule has 0 unspecified atom stereocenters. The molecular weight excluding hydrogens is 479 g/mol. The molecule has 27 heavy (non-hydrogen) atoms. The number of carbonyl (C=O) groups excluding carboxylic acids is 1. The van der Waals surface area contributed by atoms with Crippen LogP contribution in [0.1, 0.15) is 33.1 Å². The molecular formula is C20H23IO5S. The van der Waals surface area contributed by atoms with Crippen molar-refractivity contribution in [3.8, 4) is 0 Å². The van der Waals surface area contributed by atoms with Crippen molar-refractivity contribution in [1.29, 1.82) is 0 Å². The van der Waals surface area contributed by atoms with Gasteiger partial charge in [-0.25, -0.2) is 0 Å². The van der Waals surface area contributed by atoms with Gasteiger partial charge in [-0.2, -0.15) is 0 Å². The van der Waals surface area contributed by atoms with E-state index in [-0.39, 0.29) is 22.9 Å². The van der Waals surface area contributed by atoms with Crippen LogP contribution in [0.25, 0.3) is 10.8 Å². The van der Waals surface area contributed by atoms with Crippen LogP contribution >= 0.6 is 20.6 Å². The molecule has 2 aromatic rings. The van der Waals surface area contributed by atoms with Gasteiger partial charge in [-0.05, 0) is 0 Å². The molecule has 0 saturated heterocycles. The fourth-order valence-electron chi connectivity index (χ4n) is 4.82. The first-order valence-electron chi connectivity index (χ1n) is 8.99. The molecule has 4 rings (SSSR count). The van der Waals surface area contributed by atoms with Crippen LogP contribution in [-0.2, 0) is 17.4 Å². The van der Waals surface area contributed by atoms with Gasteiger partial charge in [0.05, 0.1) is 0 Å². The normalized spacial score (nSPS) is 27.3. The second-order valence-electron chi connectivity index (χ2n) is 8.15. The Kier molecular flexibility index (Phi) is 4.65. The topological polar surface area (TPSA) is 80.7 Å². The van der Waals surface area contributed by atoms with Crippen LogP contribution in [0.5, 0.6) is 0 Å². The number of carbonyl (C=O) groups is 1. The summed E-state index contributed by atoms with van der Waals surface area (Å²) in [7, 11) is -4.01. The molecule has 2 fully saturated rings. The Morgan fingerprint density at radius 2 is 1.89 bits per heavy atom. The third kappa shape index (κ3) is 3.12. The van der Waals surface area contributed by atoms with E-state index in [2.05, 4.69) is 0 Å². The van der Waals surface area contributed by atoms with Gasteiger partial charge in [-0.3, -0.25) is 0 Å². The van der Waals surface area contributed by atoms with Gasteiger partial charge >= 0.3 is 168 Å². The first-order chi connectivity index (χ1) is 12.6. The molecule has 0 heterocycles. The predicted octanol–water partition coefficient (Wildman–Crippen LogP) is 4.08. The van der Waals surface area contributed by atoms with E-state index in [4.69, 9.17) is 2.51 Å². The Hall–Kier alpha value is -1.03. The molecule has 0 amide bonds. The maximum absolute atomic E-state index is 12.8. The molecule has 0 spiro atoms. The fourth-order valence-corrected chi connectivity index (χ4v) is 10.1. The second kappa shape index (κ2) is 6.50. The number of hydrogen-bond acceptors (Lipinski definition) is 5. The monoisotopic (exact) mass is 502 g/mol. The summed E-state index contributed by atoms with van der Waals surface area (Å²) in [6.07, 6.45) is 1.91. The summed E-state index contributed by atoms with van der Waals surface area (Å²) in [4.78, 5) is 12.6. The molecule has 2 aliphatic rings. The molecule has 2 aromatic carbocycles. The summed E-state index contributed by atoms with van der Waals surface area (Å²) in [5.41, 5.74) is -1.23.